The summed E-state index contributed by atoms with van der Waals surface area (Å²) in [7, 11) is 0. The molecule has 7 heteroatoms. The molecule has 0 bridgehead atoms. The van der Waals surface area contributed by atoms with Gasteiger partial charge in [-0.3, -0.25) is 9.59 Å². The average Bonchev–Trinajstić information content (AvgIpc) is 2.46. The first-order chi connectivity index (χ1) is 10.8. The number of anilines is 1. The Labute approximate surface area is 130 Å². The molecule has 1 aromatic carbocycles. The van der Waals surface area contributed by atoms with E-state index in [2.05, 4.69) is 5.32 Å². The molecule has 0 fully saturated rings. The van der Waals surface area contributed by atoms with Crippen molar-refractivity contribution in [2.45, 2.75) is 19.6 Å². The third kappa shape index (κ3) is 4.38. The number of benzene rings is 1. The normalized spacial score (nSPS) is 11.1. The molecule has 2 aromatic rings. The van der Waals surface area contributed by atoms with Crippen molar-refractivity contribution >= 4 is 17.4 Å². The number of nitrogens with one attached hydrogen (secondary N) is 1. The molecule has 0 aliphatic heterocycles. The lowest BCUT2D eigenvalue weighted by Crippen LogP contribution is -2.40. The second-order valence-electron chi connectivity index (χ2n) is 4.91. The Bertz CT molecular complexity index is 742. The van der Waals surface area contributed by atoms with E-state index in [1.54, 1.807) is 18.3 Å². The van der Waals surface area contributed by atoms with E-state index in [0.29, 0.717) is 5.56 Å². The second kappa shape index (κ2) is 6.60. The van der Waals surface area contributed by atoms with Gasteiger partial charge in [-0.1, -0.05) is 12.1 Å². The maximum atomic E-state index is 12.9. The van der Waals surface area contributed by atoms with Gasteiger partial charge in [0.1, 0.15) is 0 Å². The summed E-state index contributed by atoms with van der Waals surface area (Å²) in [6.45, 7) is 1.19. The first-order valence-corrected chi connectivity index (χ1v) is 6.73. The Balaban J connectivity index is 2.15. The van der Waals surface area contributed by atoms with Gasteiger partial charge in [0.2, 0.25) is 6.54 Å². The van der Waals surface area contributed by atoms with Crippen molar-refractivity contribution in [3.8, 4) is 0 Å². The third-order valence-electron chi connectivity index (χ3n) is 3.10. The monoisotopic (exact) mass is 323 g/mol. The number of para-hydroxylation sites is 1. The second-order valence-corrected chi connectivity index (χ2v) is 4.91. The fourth-order valence-electron chi connectivity index (χ4n) is 2.02. The van der Waals surface area contributed by atoms with Crippen LogP contribution >= 0.6 is 0 Å². The summed E-state index contributed by atoms with van der Waals surface area (Å²) in [4.78, 5) is 23.2. The minimum atomic E-state index is -4.55. The summed E-state index contributed by atoms with van der Waals surface area (Å²) >= 11 is 0. The molecule has 1 amide bonds. The van der Waals surface area contributed by atoms with Crippen LogP contribution in [0.2, 0.25) is 0 Å². The number of hydrogen-bond donors (Lipinski definition) is 1. The smallest absolute Gasteiger partial charge is 0.320 e. The van der Waals surface area contributed by atoms with E-state index in [9.17, 15) is 22.8 Å². The summed E-state index contributed by atoms with van der Waals surface area (Å²) in [6, 6.07) is 7.94. The first kappa shape index (κ1) is 16.7. The molecule has 0 radical (unpaired) electrons. The Morgan fingerprint density at radius 2 is 1.83 bits per heavy atom. The van der Waals surface area contributed by atoms with Crippen LogP contribution in [0.25, 0.3) is 0 Å². The van der Waals surface area contributed by atoms with E-state index in [0.717, 1.165) is 6.07 Å². The predicted molar refractivity (Wildman–Crippen MR) is 76.7 cm³/mol. The zero-order valence-electron chi connectivity index (χ0n) is 12.2. The van der Waals surface area contributed by atoms with E-state index in [4.69, 9.17) is 0 Å². The highest BCUT2D eigenvalue weighted by molar-refractivity contribution is 5.93. The van der Waals surface area contributed by atoms with E-state index < -0.39 is 17.6 Å². The SMILES string of the molecule is CC(=O)c1ccc[n+](CC(=O)Nc2ccccc2C(F)(F)F)c1. The predicted octanol–water partition coefficient (Wildman–Crippen LogP) is 2.83. The Hall–Kier alpha value is -2.70. The van der Waals surface area contributed by atoms with Crippen molar-refractivity contribution < 1.29 is 27.3 Å². The Kier molecular flexibility index (Phi) is 4.78. The molecule has 1 aromatic heterocycles. The van der Waals surface area contributed by atoms with Crippen molar-refractivity contribution in [1.29, 1.82) is 0 Å². The molecule has 120 valence electrons. The van der Waals surface area contributed by atoms with Gasteiger partial charge in [-0.15, -0.1) is 0 Å². The summed E-state index contributed by atoms with van der Waals surface area (Å²) in [5, 5.41) is 2.25. The van der Waals surface area contributed by atoms with Gasteiger partial charge in [0.25, 0.3) is 5.91 Å². The molecule has 0 aliphatic carbocycles. The number of alkyl halides is 3. The molecule has 0 spiro atoms. The van der Waals surface area contributed by atoms with Gasteiger partial charge in [-0.2, -0.15) is 17.7 Å². The number of nitrogens with zero attached hydrogens (tertiary/aromatic N) is 1. The van der Waals surface area contributed by atoms with E-state index >= 15 is 0 Å². The molecule has 1 heterocycles. The summed E-state index contributed by atoms with van der Waals surface area (Å²) in [5.74, 6) is -0.783. The van der Waals surface area contributed by atoms with Gasteiger partial charge in [0.05, 0.1) is 16.8 Å². The molecule has 0 aliphatic rings. The van der Waals surface area contributed by atoms with Gasteiger partial charge in [0, 0.05) is 6.07 Å². The zero-order valence-corrected chi connectivity index (χ0v) is 12.2. The van der Waals surface area contributed by atoms with Gasteiger partial charge in [-0.25, -0.2) is 0 Å². The van der Waals surface area contributed by atoms with Crippen molar-refractivity contribution in [3.63, 3.8) is 0 Å². The van der Waals surface area contributed by atoms with Crippen molar-refractivity contribution in [3.05, 3.63) is 59.9 Å². The Morgan fingerprint density at radius 3 is 2.48 bits per heavy atom. The van der Waals surface area contributed by atoms with Crippen LogP contribution < -0.4 is 9.88 Å². The van der Waals surface area contributed by atoms with Gasteiger partial charge in [0.15, 0.2) is 18.2 Å². The summed E-state index contributed by atoms with van der Waals surface area (Å²) in [6.07, 6.45) is -1.52. The van der Waals surface area contributed by atoms with Crippen molar-refractivity contribution in [2.75, 3.05) is 5.32 Å². The lowest BCUT2D eigenvalue weighted by Gasteiger charge is -2.12. The number of amides is 1. The maximum absolute atomic E-state index is 12.9. The highest BCUT2D eigenvalue weighted by Gasteiger charge is 2.33. The number of aromatic nitrogens is 1. The number of ketones is 1. The molecule has 23 heavy (non-hydrogen) atoms. The summed E-state index contributed by atoms with van der Waals surface area (Å²) < 4.78 is 40.1. The molecule has 0 saturated carbocycles. The van der Waals surface area contributed by atoms with Gasteiger partial charge in [-0.05, 0) is 25.1 Å². The van der Waals surface area contributed by atoms with Crippen LogP contribution in [-0.4, -0.2) is 11.7 Å². The van der Waals surface area contributed by atoms with E-state index in [-0.39, 0.29) is 18.0 Å². The summed E-state index contributed by atoms with van der Waals surface area (Å²) in [5.41, 5.74) is -0.792. The number of hydrogen-bond acceptors (Lipinski definition) is 2. The number of pyridine rings is 1. The van der Waals surface area contributed by atoms with Gasteiger partial charge < -0.3 is 5.32 Å². The van der Waals surface area contributed by atoms with Crippen LogP contribution in [0.15, 0.2) is 48.8 Å². The molecule has 0 saturated heterocycles. The van der Waals surface area contributed by atoms with Gasteiger partial charge >= 0.3 is 6.18 Å². The average molecular weight is 323 g/mol. The topological polar surface area (TPSA) is 50.0 Å². The number of carbonyl (C=O) groups excluding carboxylic acids is 2. The molecular formula is C16H14F3N2O2+. The van der Waals surface area contributed by atoms with E-state index in [1.165, 1.54) is 35.9 Å². The van der Waals surface area contributed by atoms with Crippen LogP contribution in [0.1, 0.15) is 22.8 Å². The van der Waals surface area contributed by atoms with E-state index in [1.807, 2.05) is 0 Å². The quantitative estimate of drug-likeness (QED) is 0.695. The van der Waals surface area contributed by atoms with Crippen molar-refractivity contribution in [1.82, 2.24) is 0 Å². The fourth-order valence-corrected chi connectivity index (χ4v) is 2.02. The molecule has 4 nitrogen and oxygen atoms in total. The fraction of sp³-hybridized carbons (Fsp3) is 0.188. The van der Waals surface area contributed by atoms with Crippen LogP contribution in [0.5, 0.6) is 0 Å². The van der Waals surface area contributed by atoms with Crippen LogP contribution in [0, 0.1) is 0 Å². The van der Waals surface area contributed by atoms with Crippen molar-refractivity contribution in [2.24, 2.45) is 0 Å². The highest BCUT2D eigenvalue weighted by atomic mass is 19.4. The first-order valence-electron chi connectivity index (χ1n) is 6.73. The number of halogens is 3. The highest BCUT2D eigenvalue weighted by Crippen LogP contribution is 2.34. The minimum Gasteiger partial charge on any atom is -0.320 e. The molecule has 2 rings (SSSR count). The number of rotatable bonds is 4. The minimum absolute atomic E-state index is 0.165. The van der Waals surface area contributed by atoms with Crippen LogP contribution in [0.3, 0.4) is 0 Å². The van der Waals surface area contributed by atoms with Crippen LogP contribution in [-0.2, 0) is 17.5 Å². The molecule has 0 atom stereocenters. The molecular weight excluding hydrogens is 309 g/mol. The number of carbonyl (C=O) groups is 2. The lowest BCUT2D eigenvalue weighted by atomic mass is 10.1. The molecule has 0 unspecified atom stereocenters. The third-order valence-corrected chi connectivity index (χ3v) is 3.10. The molecule has 1 N–H and O–H groups in total. The largest absolute Gasteiger partial charge is 0.418 e. The lowest BCUT2D eigenvalue weighted by molar-refractivity contribution is -0.684. The Morgan fingerprint density at radius 1 is 1.13 bits per heavy atom. The standard InChI is InChI=1S/C16H13F3N2O2/c1-11(22)12-5-4-8-21(9-12)10-15(23)20-14-7-3-2-6-13(14)16(17,18)19/h2-9H,10H2,1H3/p+1. The maximum Gasteiger partial charge on any atom is 0.418 e. The zero-order chi connectivity index (χ0) is 17.0. The van der Waals surface area contributed by atoms with Crippen LogP contribution in [0.4, 0.5) is 18.9 Å². The number of Topliss-reactive ketones (excluding diaryl/α,β-unsaturated/α-hetero) is 1.